The van der Waals surface area contributed by atoms with Crippen LogP contribution in [0.25, 0.3) is 0 Å². The van der Waals surface area contributed by atoms with Crippen molar-refractivity contribution in [1.82, 2.24) is 8.61 Å². The zero-order valence-corrected chi connectivity index (χ0v) is 17.4. The molecule has 3 N–H and O–H groups in total. The topological polar surface area (TPSA) is 129 Å². The summed E-state index contributed by atoms with van der Waals surface area (Å²) in [7, 11) is -3.56. The normalized spacial score (nSPS) is 18.9. The lowest BCUT2D eigenvalue weighted by Gasteiger charge is -2.38. The molecule has 0 saturated carbocycles. The van der Waals surface area contributed by atoms with Gasteiger partial charge in [0.2, 0.25) is 0 Å². The second kappa shape index (κ2) is 9.69. The highest BCUT2D eigenvalue weighted by Gasteiger charge is 2.33. The van der Waals surface area contributed by atoms with Crippen LogP contribution in [0.2, 0.25) is 0 Å². The Morgan fingerprint density at radius 1 is 1.13 bits per heavy atom. The van der Waals surface area contributed by atoms with E-state index in [0.717, 1.165) is 0 Å². The molecule has 0 amide bonds. The second-order valence-corrected chi connectivity index (χ2v) is 8.95. The Bertz CT molecular complexity index is 883. The van der Waals surface area contributed by atoms with Gasteiger partial charge in [0.1, 0.15) is 18.9 Å². The second-order valence-electron chi connectivity index (χ2n) is 7.02. The molecule has 2 fully saturated rings. The summed E-state index contributed by atoms with van der Waals surface area (Å²) >= 11 is 0. The van der Waals surface area contributed by atoms with Gasteiger partial charge in [0.05, 0.1) is 18.9 Å². The van der Waals surface area contributed by atoms with Gasteiger partial charge >= 0.3 is 5.97 Å². The maximum Gasteiger partial charge on any atom is 0.313 e. The lowest BCUT2D eigenvalue weighted by Crippen LogP contribution is -2.55. The zero-order valence-electron chi connectivity index (χ0n) is 16.5. The molecule has 0 bridgehead atoms. The first-order valence-corrected chi connectivity index (χ1v) is 11.0. The maximum absolute atomic E-state index is 14.9. The fraction of sp³-hybridized carbons (Fsp3) is 0.556. The van der Waals surface area contributed by atoms with Crippen LogP contribution in [0.3, 0.4) is 0 Å². The first-order valence-electron chi connectivity index (χ1n) is 9.63. The molecule has 0 spiro atoms. The van der Waals surface area contributed by atoms with E-state index in [1.54, 1.807) is 17.0 Å². The van der Waals surface area contributed by atoms with E-state index in [4.69, 9.17) is 20.6 Å². The Morgan fingerprint density at radius 2 is 1.77 bits per heavy atom. The summed E-state index contributed by atoms with van der Waals surface area (Å²) in [6.45, 7) is 2.35. The van der Waals surface area contributed by atoms with E-state index < -0.39 is 22.0 Å². The van der Waals surface area contributed by atoms with Gasteiger partial charge < -0.3 is 20.1 Å². The predicted octanol–water partition coefficient (Wildman–Crippen LogP) is -0.106. The molecule has 10 nitrogen and oxygen atoms in total. The number of ether oxygens (including phenoxy) is 2. The standard InChI is InChI=1S/C18H26FN5O5S/c19-18-14(13-29-17(25)12-16(20)21)2-1-3-15(18)22-4-6-23(7-5-22)30(26,27)24-8-10-28-11-9-24/h1-3H,4-13H2,(H3,20,21). The maximum atomic E-state index is 14.9. The molecular weight excluding hydrogens is 417 g/mol. The number of piperazine rings is 1. The molecule has 12 heteroatoms. The minimum atomic E-state index is -3.56. The third-order valence-corrected chi connectivity index (χ3v) is 7.02. The fourth-order valence-electron chi connectivity index (χ4n) is 3.39. The highest BCUT2D eigenvalue weighted by atomic mass is 32.2. The summed E-state index contributed by atoms with van der Waals surface area (Å²) in [5.74, 6) is -1.54. The highest BCUT2D eigenvalue weighted by molar-refractivity contribution is 7.86. The Balaban J connectivity index is 1.61. The van der Waals surface area contributed by atoms with Gasteiger partial charge in [-0.3, -0.25) is 10.2 Å². The molecule has 2 aliphatic rings. The van der Waals surface area contributed by atoms with Crippen molar-refractivity contribution in [3.63, 3.8) is 0 Å². The molecule has 0 radical (unpaired) electrons. The monoisotopic (exact) mass is 443 g/mol. The zero-order chi connectivity index (χ0) is 21.7. The average molecular weight is 444 g/mol. The number of rotatable bonds is 7. The Morgan fingerprint density at radius 3 is 2.40 bits per heavy atom. The molecule has 0 unspecified atom stereocenters. The number of carbonyl (C=O) groups excluding carboxylic acids is 1. The third-order valence-electron chi connectivity index (χ3n) is 4.98. The molecule has 1 aromatic rings. The van der Waals surface area contributed by atoms with Crippen LogP contribution in [0.5, 0.6) is 0 Å². The molecule has 2 saturated heterocycles. The minimum Gasteiger partial charge on any atom is -0.460 e. The van der Waals surface area contributed by atoms with Gasteiger partial charge in [0.25, 0.3) is 10.2 Å². The molecule has 0 atom stereocenters. The number of morpholine rings is 1. The lowest BCUT2D eigenvalue weighted by molar-refractivity contribution is -0.143. The van der Waals surface area contributed by atoms with Crippen molar-refractivity contribution in [1.29, 1.82) is 5.41 Å². The number of benzene rings is 1. The first kappa shape index (κ1) is 22.4. The van der Waals surface area contributed by atoms with Crippen LogP contribution < -0.4 is 10.6 Å². The third kappa shape index (κ3) is 5.25. The van der Waals surface area contributed by atoms with Crippen molar-refractivity contribution in [2.45, 2.75) is 13.0 Å². The Kier molecular flexibility index (Phi) is 7.23. The van der Waals surface area contributed by atoms with Crippen LogP contribution in [-0.2, 0) is 31.1 Å². The van der Waals surface area contributed by atoms with Gasteiger partial charge in [0, 0.05) is 44.8 Å². The quantitative estimate of drug-likeness (QED) is 0.342. The molecule has 2 heterocycles. The Labute approximate surface area is 175 Å². The van der Waals surface area contributed by atoms with Crippen molar-refractivity contribution in [2.24, 2.45) is 5.73 Å². The van der Waals surface area contributed by atoms with Gasteiger partial charge in [-0.05, 0) is 6.07 Å². The van der Waals surface area contributed by atoms with E-state index in [1.165, 1.54) is 14.7 Å². The number of nitrogens with two attached hydrogens (primary N) is 1. The highest BCUT2D eigenvalue weighted by Crippen LogP contribution is 2.25. The van der Waals surface area contributed by atoms with Gasteiger partial charge in [-0.25, -0.2) is 4.39 Å². The van der Waals surface area contributed by atoms with Crippen LogP contribution in [0.4, 0.5) is 10.1 Å². The molecule has 2 aliphatic heterocycles. The van der Waals surface area contributed by atoms with Crippen molar-refractivity contribution in [3.8, 4) is 0 Å². The van der Waals surface area contributed by atoms with E-state index in [1.807, 2.05) is 0 Å². The molecule has 30 heavy (non-hydrogen) atoms. The van der Waals surface area contributed by atoms with Crippen LogP contribution >= 0.6 is 0 Å². The number of halogens is 1. The number of nitrogens with zero attached hydrogens (tertiary/aromatic N) is 3. The van der Waals surface area contributed by atoms with Crippen LogP contribution in [0, 0.1) is 11.2 Å². The van der Waals surface area contributed by atoms with Crippen molar-refractivity contribution >= 4 is 27.7 Å². The van der Waals surface area contributed by atoms with Gasteiger partial charge in [-0.2, -0.15) is 17.0 Å². The van der Waals surface area contributed by atoms with Gasteiger partial charge in [-0.1, -0.05) is 12.1 Å². The van der Waals surface area contributed by atoms with E-state index in [-0.39, 0.29) is 37.5 Å². The molecular formula is C18H26FN5O5S. The number of hydrogen-bond donors (Lipinski definition) is 2. The fourth-order valence-corrected chi connectivity index (χ4v) is 4.95. The van der Waals surface area contributed by atoms with Crippen LogP contribution in [0.15, 0.2) is 18.2 Å². The summed E-state index contributed by atoms with van der Waals surface area (Å²) in [5, 5.41) is 7.08. The number of carbonyl (C=O) groups is 1. The molecule has 0 aliphatic carbocycles. The number of hydrogen-bond acceptors (Lipinski definition) is 7. The minimum absolute atomic E-state index is 0.202. The summed E-state index contributed by atoms with van der Waals surface area (Å²) in [5.41, 5.74) is 5.68. The van der Waals surface area contributed by atoms with Crippen LogP contribution in [0.1, 0.15) is 12.0 Å². The number of anilines is 1. The predicted molar refractivity (Wildman–Crippen MR) is 108 cm³/mol. The van der Waals surface area contributed by atoms with E-state index >= 15 is 0 Å². The average Bonchev–Trinajstić information content (AvgIpc) is 2.73. The molecule has 166 valence electrons. The summed E-state index contributed by atoms with van der Waals surface area (Å²) in [4.78, 5) is 13.3. The summed E-state index contributed by atoms with van der Waals surface area (Å²) < 4.78 is 53.5. The molecule has 3 rings (SSSR count). The van der Waals surface area contributed by atoms with Crippen LogP contribution in [-0.4, -0.2) is 81.3 Å². The van der Waals surface area contributed by atoms with E-state index in [0.29, 0.717) is 45.1 Å². The van der Waals surface area contributed by atoms with Gasteiger partial charge in [0.15, 0.2) is 5.82 Å². The first-order chi connectivity index (χ1) is 14.3. The van der Waals surface area contributed by atoms with Crippen molar-refractivity contribution < 1.29 is 27.1 Å². The summed E-state index contributed by atoms with van der Waals surface area (Å²) in [6, 6.07) is 4.78. The lowest BCUT2D eigenvalue weighted by atomic mass is 10.1. The van der Waals surface area contributed by atoms with Crippen molar-refractivity contribution in [2.75, 3.05) is 57.4 Å². The number of amidine groups is 1. The summed E-state index contributed by atoms with van der Waals surface area (Å²) in [6.07, 6.45) is -0.346. The molecule has 0 aromatic heterocycles. The Hall–Kier alpha value is -2.28. The van der Waals surface area contributed by atoms with Crippen molar-refractivity contribution in [3.05, 3.63) is 29.6 Å². The molecule has 1 aromatic carbocycles. The largest absolute Gasteiger partial charge is 0.460 e. The van der Waals surface area contributed by atoms with Gasteiger partial charge in [-0.15, -0.1) is 0 Å². The smallest absolute Gasteiger partial charge is 0.313 e. The number of esters is 1. The van der Waals surface area contributed by atoms with E-state index in [2.05, 4.69) is 0 Å². The number of nitrogens with one attached hydrogen (secondary N) is 1. The van der Waals surface area contributed by atoms with E-state index in [9.17, 15) is 17.6 Å². The SMILES string of the molecule is N=C(N)CC(=O)OCc1cccc(N2CCN(S(=O)(=O)N3CCOCC3)CC2)c1F.